The number of nitrogens with zero attached hydrogens (tertiary/aromatic N) is 4. The van der Waals surface area contributed by atoms with Crippen molar-refractivity contribution in [3.8, 4) is 6.07 Å². The summed E-state index contributed by atoms with van der Waals surface area (Å²) in [5.74, 6) is -2.06. The highest BCUT2D eigenvalue weighted by atomic mass is 79.9. The first-order valence-electron chi connectivity index (χ1n) is 14.0. The molecule has 0 aliphatic carbocycles. The molecule has 3 heterocycles. The first-order chi connectivity index (χ1) is 22.4. The molecule has 0 amide bonds. The number of carbonyl (C=O) groups excluding carboxylic acids is 3. The van der Waals surface area contributed by atoms with Crippen LogP contribution in [0.2, 0.25) is 0 Å². The van der Waals surface area contributed by atoms with E-state index in [9.17, 15) is 19.6 Å². The number of ether oxygens (including phenoxy) is 4. The number of nitrogens with two attached hydrogens (primary N) is 1. The van der Waals surface area contributed by atoms with Crippen LogP contribution in [0, 0.1) is 11.3 Å². The number of nitrogen functional groups attached to an aromatic ring is 1. The van der Waals surface area contributed by atoms with E-state index in [-0.39, 0.29) is 44.8 Å². The highest BCUT2D eigenvalue weighted by molar-refractivity contribution is 9.10. The highest BCUT2D eigenvalue weighted by Gasteiger charge is 2.52. The van der Waals surface area contributed by atoms with Crippen LogP contribution in [0.15, 0.2) is 102 Å². The van der Waals surface area contributed by atoms with Crippen LogP contribution < -0.4 is 5.73 Å². The summed E-state index contributed by atoms with van der Waals surface area (Å²) in [4.78, 5) is 48.1. The Morgan fingerprint density at radius 1 is 0.826 bits per heavy atom. The van der Waals surface area contributed by atoms with Crippen molar-refractivity contribution < 1.29 is 33.3 Å². The molecule has 2 N–H and O–H groups in total. The Morgan fingerprint density at radius 2 is 1.35 bits per heavy atom. The van der Waals surface area contributed by atoms with E-state index in [1.54, 1.807) is 91.0 Å². The van der Waals surface area contributed by atoms with Crippen molar-refractivity contribution in [1.82, 2.24) is 14.5 Å². The zero-order valence-electron chi connectivity index (χ0n) is 23.9. The van der Waals surface area contributed by atoms with Gasteiger partial charge in [-0.25, -0.2) is 24.4 Å². The summed E-state index contributed by atoms with van der Waals surface area (Å²) in [5, 5.41) is 10.2. The van der Waals surface area contributed by atoms with Gasteiger partial charge in [0, 0.05) is 0 Å². The minimum atomic E-state index is -1.32. The summed E-state index contributed by atoms with van der Waals surface area (Å²) in [6.45, 7) is -0.380. The van der Waals surface area contributed by atoms with E-state index in [0.717, 1.165) is 0 Å². The van der Waals surface area contributed by atoms with Gasteiger partial charge in [0.05, 0.1) is 27.6 Å². The van der Waals surface area contributed by atoms with Gasteiger partial charge >= 0.3 is 17.9 Å². The minimum absolute atomic E-state index is 0.0391. The molecule has 46 heavy (non-hydrogen) atoms. The van der Waals surface area contributed by atoms with Crippen LogP contribution in [0.1, 0.15) is 42.9 Å². The van der Waals surface area contributed by atoms with Crippen LogP contribution in [-0.4, -0.2) is 57.4 Å². The van der Waals surface area contributed by atoms with Gasteiger partial charge in [-0.3, -0.25) is 4.57 Å². The zero-order valence-corrected chi connectivity index (χ0v) is 25.4. The van der Waals surface area contributed by atoms with Gasteiger partial charge in [0.2, 0.25) is 0 Å². The zero-order chi connectivity index (χ0) is 32.2. The van der Waals surface area contributed by atoms with Gasteiger partial charge in [-0.2, -0.15) is 5.26 Å². The van der Waals surface area contributed by atoms with Gasteiger partial charge in [-0.1, -0.05) is 54.6 Å². The second kappa shape index (κ2) is 13.2. The number of nitriles is 1. The first-order valence-corrected chi connectivity index (χ1v) is 14.8. The van der Waals surface area contributed by atoms with E-state index in [1.807, 2.05) is 0 Å². The van der Waals surface area contributed by atoms with Crippen molar-refractivity contribution in [2.24, 2.45) is 0 Å². The molecule has 0 bridgehead atoms. The minimum Gasteiger partial charge on any atom is -0.459 e. The highest BCUT2D eigenvalue weighted by Crippen LogP contribution is 2.42. The second-order valence-corrected chi connectivity index (χ2v) is 10.9. The third-order valence-electron chi connectivity index (χ3n) is 7.30. The number of hydrogen-bond acceptors (Lipinski definition) is 11. The normalized spacial score (nSPS) is 18.9. The molecule has 13 heteroatoms. The first kappa shape index (κ1) is 30.4. The number of carbonyl (C=O) groups is 3. The van der Waals surface area contributed by atoms with Gasteiger partial charge in [-0.15, -0.1) is 0 Å². The quantitative estimate of drug-likeness (QED) is 0.175. The maximum atomic E-state index is 13.5. The van der Waals surface area contributed by atoms with Crippen LogP contribution in [0.25, 0.3) is 11.0 Å². The fourth-order valence-electron chi connectivity index (χ4n) is 5.13. The number of benzene rings is 3. The molecule has 0 radical (unpaired) electrons. The number of fused-ring (bicyclic) bond motifs is 1. The standard InChI is InChI=1S/C33H24BrN5O7/c34-27-22(16-35)24-28(36)37-18-38-29(24)39(27)30-26(46-33(42)21-14-8-3-9-15-21)25(45-32(41)20-12-6-2-7-13-20)23(44-30)17-43-31(40)19-10-4-1-5-11-19/h1-15,18,23,25-26,30H,17H2,(H2,36,37,38)/t23-,25-,26-,30-/m1/s1. The van der Waals surface area contributed by atoms with Gasteiger partial charge in [0.15, 0.2) is 18.4 Å². The molecule has 2 aromatic heterocycles. The molecule has 230 valence electrons. The van der Waals surface area contributed by atoms with Gasteiger partial charge in [-0.05, 0) is 52.3 Å². The molecule has 1 saturated heterocycles. The Balaban J connectivity index is 1.44. The predicted octanol–water partition coefficient (Wildman–Crippen LogP) is 4.85. The molecule has 0 unspecified atom stereocenters. The molecular formula is C33H24BrN5O7. The van der Waals surface area contributed by atoms with E-state index in [0.29, 0.717) is 5.56 Å². The predicted molar refractivity (Wildman–Crippen MR) is 166 cm³/mol. The molecule has 0 saturated carbocycles. The van der Waals surface area contributed by atoms with Crippen molar-refractivity contribution in [3.05, 3.63) is 124 Å². The lowest BCUT2D eigenvalue weighted by atomic mass is 10.1. The largest absolute Gasteiger partial charge is 0.459 e. The topological polar surface area (TPSA) is 169 Å². The Labute approximate surface area is 270 Å². The van der Waals surface area contributed by atoms with Crippen LogP contribution in [0.4, 0.5) is 5.82 Å². The third kappa shape index (κ3) is 5.91. The molecule has 0 spiro atoms. The summed E-state index contributed by atoms with van der Waals surface area (Å²) in [6, 6.07) is 26.9. The Morgan fingerprint density at radius 3 is 1.89 bits per heavy atom. The average Bonchev–Trinajstić information content (AvgIpc) is 3.57. The smallest absolute Gasteiger partial charge is 0.338 e. The summed E-state index contributed by atoms with van der Waals surface area (Å²) in [6.07, 6.45) is -3.77. The van der Waals surface area contributed by atoms with Crippen molar-refractivity contribution in [1.29, 1.82) is 5.26 Å². The fourth-order valence-corrected chi connectivity index (χ4v) is 5.78. The van der Waals surface area contributed by atoms with E-state index >= 15 is 0 Å². The Hall–Kier alpha value is -5.58. The van der Waals surface area contributed by atoms with Crippen LogP contribution >= 0.6 is 15.9 Å². The van der Waals surface area contributed by atoms with Crippen molar-refractivity contribution in [2.45, 2.75) is 24.5 Å². The maximum absolute atomic E-state index is 13.5. The van der Waals surface area contributed by atoms with Gasteiger partial charge in [0.25, 0.3) is 0 Å². The number of hydrogen-bond donors (Lipinski definition) is 1. The molecule has 3 aromatic carbocycles. The Bertz CT molecular complexity index is 1950. The third-order valence-corrected chi connectivity index (χ3v) is 8.08. The molecule has 1 aliphatic heterocycles. The molecule has 1 fully saturated rings. The lowest BCUT2D eigenvalue weighted by molar-refractivity contribution is -0.0612. The number of esters is 3. The van der Waals surface area contributed by atoms with E-state index in [4.69, 9.17) is 24.7 Å². The fraction of sp³-hybridized carbons (Fsp3) is 0.152. The van der Waals surface area contributed by atoms with Gasteiger partial charge in [0.1, 0.15) is 41.2 Å². The molecule has 1 aliphatic rings. The molecule has 12 nitrogen and oxygen atoms in total. The van der Waals surface area contributed by atoms with E-state index in [1.165, 1.54) is 10.9 Å². The van der Waals surface area contributed by atoms with Crippen LogP contribution in [0.3, 0.4) is 0 Å². The van der Waals surface area contributed by atoms with Crippen molar-refractivity contribution in [2.75, 3.05) is 12.3 Å². The Kier molecular flexibility index (Phi) is 8.73. The number of halogens is 1. The van der Waals surface area contributed by atoms with Crippen molar-refractivity contribution in [3.63, 3.8) is 0 Å². The summed E-state index contributed by atoms with van der Waals surface area (Å²) in [7, 11) is 0. The second-order valence-electron chi connectivity index (χ2n) is 10.1. The number of anilines is 1. The summed E-state index contributed by atoms with van der Waals surface area (Å²) < 4.78 is 25.7. The maximum Gasteiger partial charge on any atom is 0.338 e. The SMILES string of the molecule is N#Cc1c(Br)n([C@@H]2O[C@H](COC(=O)c3ccccc3)[C@@H](OC(=O)c3ccccc3)[C@H]2OC(=O)c2ccccc2)c2ncnc(N)c12. The van der Waals surface area contributed by atoms with Gasteiger partial charge < -0.3 is 24.7 Å². The average molecular weight is 682 g/mol. The lowest BCUT2D eigenvalue weighted by Gasteiger charge is -2.25. The molecular weight excluding hydrogens is 658 g/mol. The van der Waals surface area contributed by atoms with Crippen molar-refractivity contribution >= 4 is 50.7 Å². The number of aromatic nitrogens is 3. The number of rotatable bonds is 8. The monoisotopic (exact) mass is 681 g/mol. The molecule has 4 atom stereocenters. The molecule has 5 aromatic rings. The van der Waals surface area contributed by atoms with Crippen LogP contribution in [-0.2, 0) is 18.9 Å². The van der Waals surface area contributed by atoms with Crippen LogP contribution in [0.5, 0.6) is 0 Å². The van der Waals surface area contributed by atoms with E-state index in [2.05, 4.69) is 32.0 Å². The molecule has 6 rings (SSSR count). The van der Waals surface area contributed by atoms with E-state index < -0.39 is 42.4 Å². The summed E-state index contributed by atoms with van der Waals surface area (Å²) in [5.41, 5.74) is 7.20. The lowest BCUT2D eigenvalue weighted by Crippen LogP contribution is -2.41. The summed E-state index contributed by atoms with van der Waals surface area (Å²) >= 11 is 3.46.